The molecule has 186 valence electrons. The number of halogens is 3. The first-order valence-electron chi connectivity index (χ1n) is 11.1. The van der Waals surface area contributed by atoms with E-state index >= 15 is 0 Å². The molecule has 0 N–H and O–H groups in total. The number of benzene rings is 3. The number of fused-ring (bicyclic) bond motifs is 1. The maximum Gasteiger partial charge on any atom is 0.453 e. The number of aryl methyl sites for hydroxylation is 1. The van der Waals surface area contributed by atoms with Crippen molar-refractivity contribution in [3.63, 3.8) is 0 Å². The Bertz CT molecular complexity index is 1490. The zero-order valence-electron chi connectivity index (χ0n) is 20.0. The monoisotopic (exact) mass is 496 g/mol. The van der Waals surface area contributed by atoms with Gasteiger partial charge in [-0.25, -0.2) is 4.79 Å². The van der Waals surface area contributed by atoms with Gasteiger partial charge in [0.1, 0.15) is 17.1 Å². The second-order valence-electron chi connectivity index (χ2n) is 9.38. The van der Waals surface area contributed by atoms with Crippen LogP contribution in [0.2, 0.25) is 0 Å². The van der Waals surface area contributed by atoms with Gasteiger partial charge in [-0.05, 0) is 59.9 Å². The van der Waals surface area contributed by atoms with Gasteiger partial charge in [-0.1, -0.05) is 45.0 Å². The minimum atomic E-state index is -5.01. The molecule has 0 radical (unpaired) electrons. The third-order valence-electron chi connectivity index (χ3n) is 5.49. The smallest absolute Gasteiger partial charge is 0.449 e. The molecule has 4 aromatic rings. The van der Waals surface area contributed by atoms with Gasteiger partial charge in [-0.15, -0.1) is 0 Å². The molecule has 1 aromatic heterocycles. The molecule has 36 heavy (non-hydrogen) atoms. The molecule has 4 rings (SSSR count). The molecule has 8 heteroatoms. The summed E-state index contributed by atoms with van der Waals surface area (Å²) in [6.45, 7) is 7.85. The fraction of sp³-hybridized carbons (Fsp3) is 0.214. The summed E-state index contributed by atoms with van der Waals surface area (Å²) in [4.78, 5) is 25.5. The molecular formula is C28H23F3O5. The molecule has 0 aliphatic heterocycles. The van der Waals surface area contributed by atoms with E-state index in [9.17, 15) is 22.8 Å². The third-order valence-corrected chi connectivity index (χ3v) is 5.49. The Morgan fingerprint density at radius 1 is 0.889 bits per heavy atom. The maximum atomic E-state index is 13.8. The van der Waals surface area contributed by atoms with Gasteiger partial charge in [0.25, 0.3) is 5.76 Å². The summed E-state index contributed by atoms with van der Waals surface area (Å²) in [5.41, 5.74) is 0.539. The minimum absolute atomic E-state index is 0.0650. The number of esters is 1. The molecule has 3 aromatic carbocycles. The highest BCUT2D eigenvalue weighted by Gasteiger charge is 2.40. The lowest BCUT2D eigenvalue weighted by atomic mass is 9.87. The Morgan fingerprint density at radius 2 is 1.58 bits per heavy atom. The zero-order valence-corrected chi connectivity index (χ0v) is 20.0. The number of carbonyl (C=O) groups is 1. The van der Waals surface area contributed by atoms with E-state index in [0.717, 1.165) is 17.2 Å². The lowest BCUT2D eigenvalue weighted by Gasteiger charge is -2.18. The van der Waals surface area contributed by atoms with Crippen molar-refractivity contribution in [1.82, 2.24) is 0 Å². The first-order valence-corrected chi connectivity index (χ1v) is 11.1. The SMILES string of the molecule is Cc1cccc(Oc2c(C(F)(F)F)oc3cc(OC(=O)c4ccc(C(C)(C)C)cc4)ccc3c2=O)c1. The van der Waals surface area contributed by atoms with Crippen LogP contribution in [0.5, 0.6) is 17.2 Å². The standard InChI is InChI=1S/C28H23F3O5/c1-16-6-5-7-19(14-16)34-24-23(32)21-13-12-20(15-22(21)36-25(24)28(29,30)31)35-26(33)17-8-10-18(11-9-17)27(2,3)4/h5-15H,1-4H3. The van der Waals surface area contributed by atoms with Crippen LogP contribution in [0.1, 0.15) is 48.0 Å². The fourth-order valence-electron chi connectivity index (χ4n) is 3.57. The highest BCUT2D eigenvalue weighted by atomic mass is 19.4. The van der Waals surface area contributed by atoms with Gasteiger partial charge >= 0.3 is 12.1 Å². The number of rotatable bonds is 4. The number of ether oxygens (including phenoxy) is 2. The maximum absolute atomic E-state index is 13.8. The second-order valence-corrected chi connectivity index (χ2v) is 9.38. The van der Waals surface area contributed by atoms with E-state index < -0.39 is 34.7 Å². The molecule has 0 amide bonds. The molecule has 0 bridgehead atoms. The van der Waals surface area contributed by atoms with Crippen LogP contribution in [-0.2, 0) is 11.6 Å². The van der Waals surface area contributed by atoms with Crippen LogP contribution in [0.25, 0.3) is 11.0 Å². The second kappa shape index (κ2) is 9.18. The summed E-state index contributed by atoms with van der Waals surface area (Å²) in [6, 6.07) is 16.7. The van der Waals surface area contributed by atoms with Crippen LogP contribution in [0.4, 0.5) is 13.2 Å². The van der Waals surface area contributed by atoms with Gasteiger partial charge in [0, 0.05) is 6.07 Å². The molecule has 0 unspecified atom stereocenters. The highest BCUT2D eigenvalue weighted by molar-refractivity contribution is 5.91. The van der Waals surface area contributed by atoms with Crippen molar-refractivity contribution in [1.29, 1.82) is 0 Å². The van der Waals surface area contributed by atoms with E-state index in [4.69, 9.17) is 13.9 Å². The van der Waals surface area contributed by atoms with Crippen molar-refractivity contribution in [3.8, 4) is 17.2 Å². The van der Waals surface area contributed by atoms with Crippen LogP contribution in [0.15, 0.2) is 75.9 Å². The molecule has 0 atom stereocenters. The third kappa shape index (κ3) is 5.27. The Labute approximate surface area is 205 Å². The molecule has 0 aliphatic rings. The topological polar surface area (TPSA) is 65.7 Å². The van der Waals surface area contributed by atoms with Crippen LogP contribution >= 0.6 is 0 Å². The molecule has 0 spiro atoms. The van der Waals surface area contributed by atoms with Gasteiger partial charge < -0.3 is 13.9 Å². The summed E-state index contributed by atoms with van der Waals surface area (Å²) in [7, 11) is 0. The molecule has 0 fully saturated rings. The fourth-order valence-corrected chi connectivity index (χ4v) is 3.57. The van der Waals surface area contributed by atoms with Gasteiger partial charge in [-0.2, -0.15) is 13.2 Å². The summed E-state index contributed by atoms with van der Waals surface area (Å²) in [5.74, 6) is -3.26. The normalized spacial score (nSPS) is 12.0. The molecule has 0 saturated heterocycles. The van der Waals surface area contributed by atoms with Crippen molar-refractivity contribution >= 4 is 16.9 Å². The Kier molecular flexibility index (Phi) is 6.39. The van der Waals surface area contributed by atoms with Crippen LogP contribution in [0, 0.1) is 6.92 Å². The van der Waals surface area contributed by atoms with Crippen molar-refractivity contribution < 1.29 is 31.9 Å². The predicted molar refractivity (Wildman–Crippen MR) is 129 cm³/mol. The van der Waals surface area contributed by atoms with E-state index in [1.165, 1.54) is 24.3 Å². The zero-order chi connectivity index (χ0) is 26.3. The Morgan fingerprint density at radius 3 is 2.19 bits per heavy atom. The minimum Gasteiger partial charge on any atom is -0.449 e. The van der Waals surface area contributed by atoms with Crippen LogP contribution < -0.4 is 14.9 Å². The van der Waals surface area contributed by atoms with E-state index in [1.54, 1.807) is 43.3 Å². The average Bonchev–Trinajstić information content (AvgIpc) is 2.79. The highest BCUT2D eigenvalue weighted by Crippen LogP contribution is 2.38. The summed E-state index contributed by atoms with van der Waals surface area (Å²) >= 11 is 0. The van der Waals surface area contributed by atoms with Crippen molar-refractivity contribution in [2.45, 2.75) is 39.3 Å². The van der Waals surface area contributed by atoms with Gasteiger partial charge in [0.2, 0.25) is 11.2 Å². The van der Waals surface area contributed by atoms with E-state index in [2.05, 4.69) is 0 Å². The van der Waals surface area contributed by atoms with E-state index in [0.29, 0.717) is 0 Å². The number of carbonyl (C=O) groups excluding carboxylic acids is 1. The molecule has 0 saturated carbocycles. The molecule has 0 aliphatic carbocycles. The number of hydrogen-bond donors (Lipinski definition) is 0. The van der Waals surface area contributed by atoms with Crippen molar-refractivity contribution in [2.24, 2.45) is 0 Å². The van der Waals surface area contributed by atoms with E-state index in [-0.39, 0.29) is 27.9 Å². The van der Waals surface area contributed by atoms with Crippen molar-refractivity contribution in [3.05, 3.63) is 99.4 Å². The molecule has 5 nitrogen and oxygen atoms in total. The van der Waals surface area contributed by atoms with Gasteiger partial charge in [0.05, 0.1) is 10.9 Å². The number of alkyl halides is 3. The van der Waals surface area contributed by atoms with Crippen LogP contribution in [-0.4, -0.2) is 5.97 Å². The number of hydrogen-bond acceptors (Lipinski definition) is 5. The lowest BCUT2D eigenvalue weighted by Crippen LogP contribution is -2.16. The summed E-state index contributed by atoms with van der Waals surface area (Å²) in [5, 5.41) is -0.153. The first-order chi connectivity index (χ1) is 16.8. The largest absolute Gasteiger partial charge is 0.453 e. The van der Waals surface area contributed by atoms with Crippen LogP contribution in [0.3, 0.4) is 0 Å². The average molecular weight is 496 g/mol. The van der Waals surface area contributed by atoms with E-state index in [1.807, 2.05) is 20.8 Å². The summed E-state index contributed by atoms with van der Waals surface area (Å²) < 4.78 is 57.1. The van der Waals surface area contributed by atoms with Gasteiger partial charge in [-0.3, -0.25) is 4.79 Å². The quantitative estimate of drug-likeness (QED) is 0.217. The summed E-state index contributed by atoms with van der Waals surface area (Å²) in [6.07, 6.45) is -5.01. The molecule has 1 heterocycles. The Hall–Kier alpha value is -4.07. The Balaban J connectivity index is 1.69. The lowest BCUT2D eigenvalue weighted by molar-refractivity contribution is -0.154. The van der Waals surface area contributed by atoms with Crippen molar-refractivity contribution in [2.75, 3.05) is 0 Å². The predicted octanol–water partition coefficient (Wildman–Crippen LogP) is 7.43. The first kappa shape index (κ1) is 25.0. The van der Waals surface area contributed by atoms with Gasteiger partial charge in [0.15, 0.2) is 0 Å². The molecular weight excluding hydrogens is 473 g/mol.